The van der Waals surface area contributed by atoms with Crippen LogP contribution in [0.25, 0.3) is 0 Å². The highest BCUT2D eigenvalue weighted by atomic mass is 19.2. The smallest absolute Gasteiger partial charge is 0.400 e. The van der Waals surface area contributed by atoms with Gasteiger partial charge in [-0.25, -0.2) is 8.78 Å². The number of alkyl halides is 1. The van der Waals surface area contributed by atoms with Crippen LogP contribution in [-0.4, -0.2) is 30.3 Å². The summed E-state index contributed by atoms with van der Waals surface area (Å²) < 4.78 is 38.8. The molecule has 0 aromatic carbocycles. The molecule has 0 aromatic rings. The maximum Gasteiger partial charge on any atom is 0.487 e. The Morgan fingerprint density at radius 3 is 2.29 bits per heavy atom. The van der Waals surface area contributed by atoms with Crippen LogP contribution in [0, 0.1) is 0 Å². The SMILES string of the molecule is CC1(C)OB(C=CC2=CCC(F)(C=O)C(F)=C2)OC1(C)C. The molecular weight excluding hydrogens is 277 g/mol. The summed E-state index contributed by atoms with van der Waals surface area (Å²) in [5.74, 6) is 0.576. The van der Waals surface area contributed by atoms with Crippen molar-refractivity contribution < 1.29 is 22.9 Å². The van der Waals surface area contributed by atoms with Crippen LogP contribution in [0.5, 0.6) is 0 Å². The first kappa shape index (κ1) is 16.1. The highest BCUT2D eigenvalue weighted by Gasteiger charge is 2.50. The second kappa shape index (κ2) is 5.18. The van der Waals surface area contributed by atoms with Crippen molar-refractivity contribution in [3.63, 3.8) is 0 Å². The molecule has 0 spiro atoms. The molecule has 6 heteroatoms. The Kier molecular flexibility index (Phi) is 3.97. The quantitative estimate of drug-likeness (QED) is 0.592. The standard InChI is InChI=1S/C15H19BF2O3/c1-13(2)14(3,4)21-16(20-13)8-6-11-5-7-15(18,10-19)12(17)9-11/h5-6,8-10H,7H2,1-4H3. The molecule has 0 aromatic heterocycles. The summed E-state index contributed by atoms with van der Waals surface area (Å²) in [7, 11) is -0.546. The first-order valence-electron chi connectivity index (χ1n) is 6.87. The number of rotatable bonds is 3. The lowest BCUT2D eigenvalue weighted by Crippen LogP contribution is -2.41. The lowest BCUT2D eigenvalue weighted by atomic mass is 9.87. The molecule has 114 valence electrons. The van der Waals surface area contributed by atoms with Gasteiger partial charge in [0.2, 0.25) is 5.67 Å². The molecule has 1 aliphatic heterocycles. The van der Waals surface area contributed by atoms with Gasteiger partial charge in [0.25, 0.3) is 0 Å². The zero-order valence-electron chi connectivity index (χ0n) is 12.7. The van der Waals surface area contributed by atoms with Gasteiger partial charge in [-0.3, -0.25) is 4.79 Å². The largest absolute Gasteiger partial charge is 0.487 e. The Labute approximate surface area is 123 Å². The Morgan fingerprint density at radius 1 is 1.24 bits per heavy atom. The Morgan fingerprint density at radius 2 is 1.81 bits per heavy atom. The Balaban J connectivity index is 2.06. The number of carbonyl (C=O) groups excluding carboxylic acids is 1. The third-order valence-corrected chi connectivity index (χ3v) is 4.23. The second-order valence-electron chi connectivity index (χ2n) is 6.36. The summed E-state index contributed by atoms with van der Waals surface area (Å²) in [6.45, 7) is 7.73. The van der Waals surface area contributed by atoms with E-state index in [1.165, 1.54) is 6.08 Å². The summed E-state index contributed by atoms with van der Waals surface area (Å²) in [5.41, 5.74) is -2.94. The van der Waals surface area contributed by atoms with Crippen LogP contribution in [0.15, 0.2) is 35.6 Å². The molecule has 0 N–H and O–H groups in total. The second-order valence-corrected chi connectivity index (χ2v) is 6.36. The molecule has 0 radical (unpaired) electrons. The monoisotopic (exact) mass is 296 g/mol. The van der Waals surface area contributed by atoms with E-state index in [1.807, 2.05) is 27.7 Å². The molecule has 1 heterocycles. The molecule has 1 fully saturated rings. The van der Waals surface area contributed by atoms with Crippen molar-refractivity contribution in [3.05, 3.63) is 35.6 Å². The third-order valence-electron chi connectivity index (χ3n) is 4.23. The van der Waals surface area contributed by atoms with E-state index in [2.05, 4.69) is 0 Å². The molecule has 0 saturated carbocycles. The van der Waals surface area contributed by atoms with Gasteiger partial charge in [0.1, 0.15) is 5.83 Å². The van der Waals surface area contributed by atoms with Gasteiger partial charge in [0.15, 0.2) is 6.29 Å². The average Bonchev–Trinajstić information content (AvgIpc) is 2.59. The van der Waals surface area contributed by atoms with Gasteiger partial charge in [-0.05, 0) is 39.3 Å². The molecule has 1 unspecified atom stereocenters. The summed E-state index contributed by atoms with van der Waals surface area (Å²) in [6, 6.07) is 0. The molecule has 1 saturated heterocycles. The van der Waals surface area contributed by atoms with Crippen LogP contribution in [0.3, 0.4) is 0 Å². The molecule has 3 nitrogen and oxygen atoms in total. The van der Waals surface area contributed by atoms with Crippen LogP contribution in [0.4, 0.5) is 8.78 Å². The molecule has 0 amide bonds. The number of hydrogen-bond donors (Lipinski definition) is 0. The highest BCUT2D eigenvalue weighted by molar-refractivity contribution is 6.51. The van der Waals surface area contributed by atoms with E-state index in [0.717, 1.165) is 6.08 Å². The lowest BCUT2D eigenvalue weighted by Gasteiger charge is -2.32. The fraction of sp³-hybridized carbons (Fsp3) is 0.533. The van der Waals surface area contributed by atoms with Crippen molar-refractivity contribution in [1.82, 2.24) is 0 Å². The topological polar surface area (TPSA) is 35.5 Å². The van der Waals surface area contributed by atoms with Crippen molar-refractivity contribution in [2.24, 2.45) is 0 Å². The van der Waals surface area contributed by atoms with E-state index in [-0.39, 0.29) is 12.7 Å². The van der Waals surface area contributed by atoms with E-state index < -0.39 is 29.8 Å². The molecule has 1 atom stereocenters. The van der Waals surface area contributed by atoms with Gasteiger partial charge < -0.3 is 9.31 Å². The minimum atomic E-state index is -2.53. The highest BCUT2D eigenvalue weighted by Crippen LogP contribution is 2.37. The van der Waals surface area contributed by atoms with E-state index >= 15 is 0 Å². The maximum atomic E-state index is 13.7. The van der Waals surface area contributed by atoms with E-state index in [9.17, 15) is 13.6 Å². The minimum Gasteiger partial charge on any atom is -0.400 e. The molecule has 2 aliphatic rings. The van der Waals surface area contributed by atoms with Crippen LogP contribution >= 0.6 is 0 Å². The predicted octanol–water partition coefficient (Wildman–Crippen LogP) is 3.26. The summed E-state index contributed by atoms with van der Waals surface area (Å²) in [4.78, 5) is 10.6. The third kappa shape index (κ3) is 3.01. The van der Waals surface area contributed by atoms with Gasteiger partial charge in [-0.2, -0.15) is 0 Å². The number of carbonyl (C=O) groups is 1. The molecular formula is C15H19BF2O3. The van der Waals surface area contributed by atoms with Crippen molar-refractivity contribution >= 4 is 13.4 Å². The lowest BCUT2D eigenvalue weighted by molar-refractivity contribution is -0.116. The Bertz CT molecular complexity index is 521. The van der Waals surface area contributed by atoms with Gasteiger partial charge in [0.05, 0.1) is 11.2 Å². The van der Waals surface area contributed by atoms with Crippen LogP contribution in [0.2, 0.25) is 0 Å². The minimum absolute atomic E-state index is 0.00986. The average molecular weight is 296 g/mol. The van der Waals surface area contributed by atoms with Crippen molar-refractivity contribution in [2.45, 2.75) is 51.0 Å². The molecule has 1 aliphatic carbocycles. The Hall–Kier alpha value is -1.27. The van der Waals surface area contributed by atoms with E-state index in [4.69, 9.17) is 9.31 Å². The first-order chi connectivity index (χ1) is 9.60. The van der Waals surface area contributed by atoms with Gasteiger partial charge in [-0.15, -0.1) is 0 Å². The van der Waals surface area contributed by atoms with Crippen molar-refractivity contribution in [1.29, 1.82) is 0 Å². The van der Waals surface area contributed by atoms with Crippen LogP contribution < -0.4 is 0 Å². The molecule has 2 rings (SSSR count). The van der Waals surface area contributed by atoms with E-state index in [0.29, 0.717) is 5.57 Å². The molecule has 0 bridgehead atoms. The number of hydrogen-bond acceptors (Lipinski definition) is 3. The zero-order chi connectivity index (χ0) is 15.9. The molecule has 21 heavy (non-hydrogen) atoms. The van der Waals surface area contributed by atoms with Crippen LogP contribution in [0.1, 0.15) is 34.1 Å². The van der Waals surface area contributed by atoms with Gasteiger partial charge in [-0.1, -0.05) is 18.1 Å². The number of halogens is 2. The predicted molar refractivity (Wildman–Crippen MR) is 77.0 cm³/mol. The number of aldehydes is 1. The van der Waals surface area contributed by atoms with Crippen molar-refractivity contribution in [3.8, 4) is 0 Å². The van der Waals surface area contributed by atoms with E-state index in [1.54, 1.807) is 12.1 Å². The summed E-state index contributed by atoms with van der Waals surface area (Å²) in [6.07, 6.45) is 3.77. The fourth-order valence-corrected chi connectivity index (χ4v) is 2.07. The van der Waals surface area contributed by atoms with Gasteiger partial charge in [0, 0.05) is 6.42 Å². The number of allylic oxidation sites excluding steroid dienone is 5. The fourth-order valence-electron chi connectivity index (χ4n) is 2.07. The summed E-state index contributed by atoms with van der Waals surface area (Å²) in [5, 5.41) is 0. The van der Waals surface area contributed by atoms with Crippen LogP contribution in [-0.2, 0) is 14.1 Å². The normalized spacial score (nSPS) is 31.2. The zero-order valence-corrected chi connectivity index (χ0v) is 12.7. The summed E-state index contributed by atoms with van der Waals surface area (Å²) >= 11 is 0. The first-order valence-corrected chi connectivity index (χ1v) is 6.87. The van der Waals surface area contributed by atoms with Crippen molar-refractivity contribution in [2.75, 3.05) is 0 Å². The maximum absolute atomic E-state index is 13.7. The van der Waals surface area contributed by atoms with Gasteiger partial charge >= 0.3 is 7.12 Å².